The molecule has 1 N–H and O–H groups in total. The van der Waals surface area contributed by atoms with E-state index in [1.54, 1.807) is 29.2 Å². The van der Waals surface area contributed by atoms with Gasteiger partial charge in [0, 0.05) is 18.9 Å². The second kappa shape index (κ2) is 7.52. The van der Waals surface area contributed by atoms with E-state index in [9.17, 15) is 4.79 Å². The van der Waals surface area contributed by atoms with Crippen molar-refractivity contribution in [3.05, 3.63) is 90.3 Å². The van der Waals surface area contributed by atoms with Crippen LogP contribution in [0, 0.1) is 6.92 Å². The quantitative estimate of drug-likeness (QED) is 0.577. The summed E-state index contributed by atoms with van der Waals surface area (Å²) in [4.78, 5) is 22.3. The smallest absolute Gasteiger partial charge is 0.276 e. The van der Waals surface area contributed by atoms with E-state index in [0.717, 1.165) is 28.2 Å². The lowest BCUT2D eigenvalue weighted by Gasteiger charge is -2.23. The first-order valence-electron chi connectivity index (χ1n) is 9.07. The van der Waals surface area contributed by atoms with Gasteiger partial charge in [-0.3, -0.25) is 9.48 Å². The van der Waals surface area contributed by atoms with Gasteiger partial charge >= 0.3 is 0 Å². The summed E-state index contributed by atoms with van der Waals surface area (Å²) in [7, 11) is 1.79. The molecule has 4 rings (SSSR count). The maximum atomic E-state index is 13.4. The van der Waals surface area contributed by atoms with Crippen LogP contribution in [0.25, 0.3) is 11.1 Å². The number of carbonyl (C=O) groups excluding carboxylic acids is 1. The number of hydrogen-bond acceptors (Lipinski definition) is 3. The summed E-state index contributed by atoms with van der Waals surface area (Å²) < 4.78 is 1.62. The van der Waals surface area contributed by atoms with Crippen molar-refractivity contribution < 1.29 is 4.79 Å². The topological polar surface area (TPSA) is 66.8 Å². The minimum absolute atomic E-state index is 0.108. The molecule has 0 aliphatic carbocycles. The SMILES string of the molecule is Cc1cc(C(=O)N(Cc2cnc[nH]2)c2cccc(-c3ccccc3)c2)n(C)n1. The molecule has 0 spiro atoms. The predicted molar refractivity (Wildman–Crippen MR) is 109 cm³/mol. The van der Waals surface area contributed by atoms with Crippen molar-refractivity contribution in [2.24, 2.45) is 7.05 Å². The third-order valence-electron chi connectivity index (χ3n) is 4.61. The van der Waals surface area contributed by atoms with E-state index >= 15 is 0 Å². The molecule has 140 valence electrons. The summed E-state index contributed by atoms with van der Waals surface area (Å²) in [6, 6.07) is 19.9. The molecule has 0 saturated carbocycles. The molecule has 6 nitrogen and oxygen atoms in total. The number of rotatable bonds is 5. The summed E-state index contributed by atoms with van der Waals surface area (Å²) in [5.74, 6) is -0.108. The number of aromatic amines is 1. The summed E-state index contributed by atoms with van der Waals surface area (Å²) >= 11 is 0. The van der Waals surface area contributed by atoms with Crippen LogP contribution in [-0.2, 0) is 13.6 Å². The molecule has 0 aliphatic heterocycles. The fourth-order valence-corrected chi connectivity index (χ4v) is 3.25. The number of anilines is 1. The molecule has 0 saturated heterocycles. The Labute approximate surface area is 163 Å². The Balaban J connectivity index is 1.75. The zero-order valence-electron chi connectivity index (χ0n) is 15.8. The fraction of sp³-hybridized carbons (Fsp3) is 0.136. The molecular formula is C22H21N5O. The Morgan fingerprint density at radius 2 is 1.86 bits per heavy atom. The first-order chi connectivity index (χ1) is 13.6. The van der Waals surface area contributed by atoms with Gasteiger partial charge in [0.1, 0.15) is 5.69 Å². The number of H-pyrrole nitrogens is 1. The Morgan fingerprint density at radius 1 is 1.07 bits per heavy atom. The highest BCUT2D eigenvalue weighted by Crippen LogP contribution is 2.27. The molecule has 2 aromatic heterocycles. The fourth-order valence-electron chi connectivity index (χ4n) is 3.25. The molecule has 0 aliphatic rings. The second-order valence-electron chi connectivity index (χ2n) is 6.68. The number of aromatic nitrogens is 4. The van der Waals surface area contributed by atoms with Crippen LogP contribution in [0.4, 0.5) is 5.69 Å². The lowest BCUT2D eigenvalue weighted by molar-refractivity contribution is 0.0976. The van der Waals surface area contributed by atoms with E-state index in [1.165, 1.54) is 0 Å². The van der Waals surface area contributed by atoms with Gasteiger partial charge in [-0.05, 0) is 36.2 Å². The third-order valence-corrected chi connectivity index (χ3v) is 4.61. The van der Waals surface area contributed by atoms with Gasteiger partial charge in [0.15, 0.2) is 0 Å². The van der Waals surface area contributed by atoms with Crippen LogP contribution in [-0.4, -0.2) is 25.7 Å². The molecule has 4 aromatic rings. The molecule has 0 atom stereocenters. The average molecular weight is 371 g/mol. The minimum Gasteiger partial charge on any atom is -0.347 e. The van der Waals surface area contributed by atoms with Gasteiger partial charge in [-0.2, -0.15) is 5.10 Å². The van der Waals surface area contributed by atoms with Crippen LogP contribution in [0.2, 0.25) is 0 Å². The van der Waals surface area contributed by atoms with Crippen molar-refractivity contribution in [3.8, 4) is 11.1 Å². The van der Waals surface area contributed by atoms with E-state index in [4.69, 9.17) is 0 Å². The van der Waals surface area contributed by atoms with Gasteiger partial charge < -0.3 is 9.88 Å². The van der Waals surface area contributed by atoms with Crippen molar-refractivity contribution >= 4 is 11.6 Å². The number of nitrogens with zero attached hydrogens (tertiary/aromatic N) is 4. The maximum Gasteiger partial charge on any atom is 0.276 e. The Bertz CT molecular complexity index is 1080. The molecule has 2 aromatic carbocycles. The lowest BCUT2D eigenvalue weighted by Crippen LogP contribution is -2.32. The van der Waals surface area contributed by atoms with E-state index in [1.807, 2.05) is 55.5 Å². The summed E-state index contributed by atoms with van der Waals surface area (Å²) in [6.07, 6.45) is 3.35. The minimum atomic E-state index is -0.108. The molecule has 0 fully saturated rings. The zero-order chi connectivity index (χ0) is 19.5. The third kappa shape index (κ3) is 3.57. The first-order valence-corrected chi connectivity index (χ1v) is 9.07. The molecule has 2 heterocycles. The molecule has 0 unspecified atom stereocenters. The van der Waals surface area contributed by atoms with E-state index in [-0.39, 0.29) is 5.91 Å². The molecule has 28 heavy (non-hydrogen) atoms. The standard InChI is InChI=1S/C22H21N5O/c1-16-11-21(26(2)25-16)22(28)27(14-19-13-23-15-24-19)20-10-6-9-18(12-20)17-7-4-3-5-8-17/h3-13,15H,14H2,1-2H3,(H,23,24). The highest BCUT2D eigenvalue weighted by Gasteiger charge is 2.22. The molecule has 1 amide bonds. The Hall–Kier alpha value is -3.67. The highest BCUT2D eigenvalue weighted by molar-refractivity contribution is 6.05. The van der Waals surface area contributed by atoms with Gasteiger partial charge in [-0.1, -0.05) is 42.5 Å². The monoisotopic (exact) mass is 371 g/mol. The van der Waals surface area contributed by atoms with Crippen molar-refractivity contribution in [2.75, 3.05) is 4.90 Å². The van der Waals surface area contributed by atoms with Gasteiger partial charge in [-0.15, -0.1) is 0 Å². The summed E-state index contributed by atoms with van der Waals surface area (Å²) in [5.41, 5.74) is 5.20. The Kier molecular flexibility index (Phi) is 4.76. The van der Waals surface area contributed by atoms with Crippen LogP contribution >= 0.6 is 0 Å². The van der Waals surface area contributed by atoms with Crippen molar-refractivity contribution in [3.63, 3.8) is 0 Å². The molecule has 0 bridgehead atoms. The predicted octanol–water partition coefficient (Wildman–Crippen LogP) is 3.97. The second-order valence-corrected chi connectivity index (χ2v) is 6.68. The van der Waals surface area contributed by atoms with Gasteiger partial charge in [-0.25, -0.2) is 4.98 Å². The number of amides is 1. The molecular weight excluding hydrogens is 350 g/mol. The number of carbonyl (C=O) groups is 1. The van der Waals surface area contributed by atoms with Crippen LogP contribution in [0.15, 0.2) is 73.2 Å². The van der Waals surface area contributed by atoms with E-state index < -0.39 is 0 Å². The van der Waals surface area contributed by atoms with Crippen LogP contribution in [0.5, 0.6) is 0 Å². The lowest BCUT2D eigenvalue weighted by atomic mass is 10.0. The van der Waals surface area contributed by atoms with Gasteiger partial charge in [0.2, 0.25) is 0 Å². The van der Waals surface area contributed by atoms with Crippen LogP contribution in [0.1, 0.15) is 21.9 Å². The van der Waals surface area contributed by atoms with Crippen LogP contribution < -0.4 is 4.90 Å². The van der Waals surface area contributed by atoms with Gasteiger partial charge in [0.25, 0.3) is 5.91 Å². The maximum absolute atomic E-state index is 13.4. The zero-order valence-corrected chi connectivity index (χ0v) is 15.8. The Morgan fingerprint density at radius 3 is 2.54 bits per heavy atom. The number of hydrogen-bond donors (Lipinski definition) is 1. The van der Waals surface area contributed by atoms with E-state index in [2.05, 4.69) is 27.2 Å². The normalized spacial score (nSPS) is 10.8. The number of benzene rings is 2. The summed E-state index contributed by atoms with van der Waals surface area (Å²) in [6.45, 7) is 2.27. The average Bonchev–Trinajstić information content (AvgIpc) is 3.35. The molecule has 0 radical (unpaired) electrons. The van der Waals surface area contributed by atoms with Gasteiger partial charge in [0.05, 0.1) is 24.3 Å². The summed E-state index contributed by atoms with van der Waals surface area (Å²) in [5, 5.41) is 4.32. The van der Waals surface area contributed by atoms with Crippen molar-refractivity contribution in [1.82, 2.24) is 19.7 Å². The largest absolute Gasteiger partial charge is 0.347 e. The van der Waals surface area contributed by atoms with Crippen molar-refractivity contribution in [1.29, 1.82) is 0 Å². The first kappa shape index (κ1) is 17.7. The number of nitrogens with one attached hydrogen (secondary N) is 1. The van der Waals surface area contributed by atoms with E-state index in [0.29, 0.717) is 12.2 Å². The van der Waals surface area contributed by atoms with Crippen molar-refractivity contribution in [2.45, 2.75) is 13.5 Å². The highest BCUT2D eigenvalue weighted by atomic mass is 16.2. The number of aryl methyl sites for hydroxylation is 2. The number of imidazole rings is 1. The van der Waals surface area contributed by atoms with Crippen LogP contribution in [0.3, 0.4) is 0 Å². The molecule has 6 heteroatoms.